The van der Waals surface area contributed by atoms with Crippen LogP contribution in [-0.2, 0) is 16.1 Å². The number of hydrogen-bond acceptors (Lipinski definition) is 3. The fraction of sp³-hybridized carbons (Fsp3) is 0.300. The first-order valence-electron chi connectivity index (χ1n) is 8.66. The van der Waals surface area contributed by atoms with Crippen LogP contribution in [0.5, 0.6) is 0 Å². The van der Waals surface area contributed by atoms with Crippen LogP contribution in [0.3, 0.4) is 0 Å². The molecule has 142 valence electrons. The van der Waals surface area contributed by atoms with Crippen LogP contribution in [0.15, 0.2) is 48.5 Å². The molecule has 0 saturated carbocycles. The highest BCUT2D eigenvalue weighted by molar-refractivity contribution is 8.01. The first kappa shape index (κ1) is 19.4. The van der Waals surface area contributed by atoms with Crippen LogP contribution in [0, 0.1) is 11.6 Å². The Labute approximate surface area is 160 Å². The van der Waals surface area contributed by atoms with Crippen molar-refractivity contribution in [1.82, 2.24) is 10.2 Å². The number of thioether (sulfide) groups is 1. The van der Waals surface area contributed by atoms with Crippen LogP contribution in [0.2, 0.25) is 0 Å². The van der Waals surface area contributed by atoms with Crippen LogP contribution in [0.4, 0.5) is 8.78 Å². The Morgan fingerprint density at radius 2 is 1.89 bits per heavy atom. The van der Waals surface area contributed by atoms with Gasteiger partial charge >= 0.3 is 0 Å². The van der Waals surface area contributed by atoms with Gasteiger partial charge in [-0.3, -0.25) is 9.59 Å². The molecule has 1 N–H and O–H groups in total. The normalized spacial score (nSPS) is 19.4. The summed E-state index contributed by atoms with van der Waals surface area (Å²) in [7, 11) is 0. The van der Waals surface area contributed by atoms with Gasteiger partial charge in [-0.15, -0.1) is 11.8 Å². The molecule has 2 amide bonds. The van der Waals surface area contributed by atoms with E-state index in [1.165, 1.54) is 36.0 Å². The standard InChI is InChI=1S/C20H20F2N2O2S/c1-13-19(26)24(20(27-13)15-3-2-4-17(22)11-15)10-9-18(25)23-12-14-5-7-16(21)8-6-14/h2-8,11,13,20H,9-10,12H2,1H3,(H,23,25)/t13-,20-/m1/s1. The summed E-state index contributed by atoms with van der Waals surface area (Å²) < 4.78 is 26.4. The van der Waals surface area contributed by atoms with Crippen molar-refractivity contribution in [2.24, 2.45) is 0 Å². The minimum atomic E-state index is -0.350. The summed E-state index contributed by atoms with van der Waals surface area (Å²) >= 11 is 1.45. The first-order valence-corrected chi connectivity index (χ1v) is 9.61. The summed E-state index contributed by atoms with van der Waals surface area (Å²) in [6, 6.07) is 12.1. The maximum atomic E-state index is 13.5. The third-order valence-electron chi connectivity index (χ3n) is 4.36. The molecule has 4 nitrogen and oxygen atoms in total. The molecule has 7 heteroatoms. The molecule has 3 rings (SSSR count). The smallest absolute Gasteiger partial charge is 0.236 e. The number of hydrogen-bond donors (Lipinski definition) is 1. The number of halogens is 2. The van der Waals surface area contributed by atoms with E-state index in [0.717, 1.165) is 5.56 Å². The minimum Gasteiger partial charge on any atom is -0.352 e. The Kier molecular flexibility index (Phi) is 6.11. The summed E-state index contributed by atoms with van der Waals surface area (Å²) in [5, 5.41) is 2.23. The molecule has 1 aliphatic rings. The highest BCUT2D eigenvalue weighted by Crippen LogP contribution is 2.42. The summed E-state index contributed by atoms with van der Waals surface area (Å²) in [6.45, 7) is 2.37. The fourth-order valence-corrected chi connectivity index (χ4v) is 4.23. The van der Waals surface area contributed by atoms with E-state index in [0.29, 0.717) is 12.1 Å². The zero-order chi connectivity index (χ0) is 19.4. The molecule has 1 aliphatic heterocycles. The van der Waals surface area contributed by atoms with Gasteiger partial charge in [0, 0.05) is 19.5 Å². The molecule has 27 heavy (non-hydrogen) atoms. The number of carbonyl (C=O) groups excluding carboxylic acids is 2. The topological polar surface area (TPSA) is 49.4 Å². The molecule has 0 radical (unpaired) electrons. The van der Waals surface area contributed by atoms with Crippen LogP contribution >= 0.6 is 11.8 Å². The Balaban J connectivity index is 1.58. The van der Waals surface area contributed by atoms with Gasteiger partial charge in [0.15, 0.2) is 0 Å². The Morgan fingerprint density at radius 3 is 2.59 bits per heavy atom. The lowest BCUT2D eigenvalue weighted by Crippen LogP contribution is -2.34. The van der Waals surface area contributed by atoms with Crippen molar-refractivity contribution in [3.63, 3.8) is 0 Å². The number of nitrogens with zero attached hydrogens (tertiary/aromatic N) is 1. The number of benzene rings is 2. The lowest BCUT2D eigenvalue weighted by Gasteiger charge is -2.24. The lowest BCUT2D eigenvalue weighted by atomic mass is 10.2. The third-order valence-corrected chi connectivity index (χ3v) is 5.76. The molecular weight excluding hydrogens is 370 g/mol. The Hall–Kier alpha value is -2.41. The van der Waals surface area contributed by atoms with Gasteiger partial charge in [-0.1, -0.05) is 24.3 Å². The van der Waals surface area contributed by atoms with Crippen molar-refractivity contribution >= 4 is 23.6 Å². The second-order valence-electron chi connectivity index (χ2n) is 6.37. The van der Waals surface area contributed by atoms with Crippen molar-refractivity contribution in [2.45, 2.75) is 30.5 Å². The Bertz CT molecular complexity index is 829. The van der Waals surface area contributed by atoms with E-state index in [1.54, 1.807) is 29.2 Å². The molecule has 0 bridgehead atoms. The van der Waals surface area contributed by atoms with Gasteiger partial charge in [-0.25, -0.2) is 8.78 Å². The summed E-state index contributed by atoms with van der Waals surface area (Å²) in [5.74, 6) is -0.931. The van der Waals surface area contributed by atoms with Gasteiger partial charge in [-0.05, 0) is 42.3 Å². The second kappa shape index (κ2) is 8.52. The van der Waals surface area contributed by atoms with Crippen LogP contribution in [0.25, 0.3) is 0 Å². The van der Waals surface area contributed by atoms with E-state index in [2.05, 4.69) is 5.32 Å². The van der Waals surface area contributed by atoms with Crippen LogP contribution in [-0.4, -0.2) is 28.5 Å². The number of nitrogens with one attached hydrogen (secondary N) is 1. The van der Waals surface area contributed by atoms with E-state index < -0.39 is 0 Å². The molecule has 0 aliphatic carbocycles. The molecule has 2 aromatic carbocycles. The zero-order valence-corrected chi connectivity index (χ0v) is 15.6. The van der Waals surface area contributed by atoms with Gasteiger partial charge in [0.25, 0.3) is 0 Å². The first-order chi connectivity index (χ1) is 12.9. The maximum Gasteiger partial charge on any atom is 0.236 e. The van der Waals surface area contributed by atoms with Crippen LogP contribution < -0.4 is 5.32 Å². The number of carbonyl (C=O) groups is 2. The van der Waals surface area contributed by atoms with Gasteiger partial charge < -0.3 is 10.2 Å². The molecule has 1 saturated heterocycles. The van der Waals surface area contributed by atoms with E-state index >= 15 is 0 Å². The largest absolute Gasteiger partial charge is 0.352 e. The maximum absolute atomic E-state index is 13.5. The van der Waals surface area contributed by atoms with Crippen LogP contribution in [0.1, 0.15) is 29.8 Å². The lowest BCUT2D eigenvalue weighted by molar-refractivity contribution is -0.130. The average molecular weight is 390 g/mol. The molecule has 0 unspecified atom stereocenters. The molecule has 2 atom stereocenters. The number of amides is 2. The quantitative estimate of drug-likeness (QED) is 0.819. The predicted molar refractivity (Wildman–Crippen MR) is 101 cm³/mol. The zero-order valence-electron chi connectivity index (χ0n) is 14.8. The molecule has 1 fully saturated rings. The summed E-state index contributed by atoms with van der Waals surface area (Å²) in [5.41, 5.74) is 1.51. The van der Waals surface area contributed by atoms with E-state index in [-0.39, 0.29) is 47.0 Å². The predicted octanol–water partition coefficient (Wildman–Crippen LogP) is 3.63. The van der Waals surface area contributed by atoms with Crippen molar-refractivity contribution in [1.29, 1.82) is 0 Å². The monoisotopic (exact) mass is 390 g/mol. The van der Waals surface area contributed by atoms with E-state index in [4.69, 9.17) is 0 Å². The van der Waals surface area contributed by atoms with E-state index in [9.17, 15) is 18.4 Å². The summed E-state index contributed by atoms with van der Waals surface area (Å²) in [4.78, 5) is 26.2. The third kappa shape index (κ3) is 4.86. The number of rotatable bonds is 6. The fourth-order valence-electron chi connectivity index (χ4n) is 2.93. The van der Waals surface area contributed by atoms with Gasteiger partial charge in [0.1, 0.15) is 17.0 Å². The van der Waals surface area contributed by atoms with Crippen molar-refractivity contribution < 1.29 is 18.4 Å². The van der Waals surface area contributed by atoms with Gasteiger partial charge in [-0.2, -0.15) is 0 Å². The van der Waals surface area contributed by atoms with E-state index in [1.807, 2.05) is 6.92 Å². The minimum absolute atomic E-state index is 0.0550. The van der Waals surface area contributed by atoms with Crippen molar-refractivity contribution in [2.75, 3.05) is 6.54 Å². The molecule has 1 heterocycles. The Morgan fingerprint density at radius 1 is 1.15 bits per heavy atom. The molecule has 2 aromatic rings. The van der Waals surface area contributed by atoms with Gasteiger partial charge in [0.05, 0.1) is 5.25 Å². The summed E-state index contributed by atoms with van der Waals surface area (Å²) in [6.07, 6.45) is 0.145. The molecular formula is C20H20F2N2O2S. The SMILES string of the molecule is C[C@H]1S[C@H](c2cccc(F)c2)N(CCC(=O)NCc2ccc(F)cc2)C1=O. The second-order valence-corrected chi connectivity index (χ2v) is 7.80. The molecule has 0 aromatic heterocycles. The van der Waals surface area contributed by atoms with Gasteiger partial charge in [0.2, 0.25) is 11.8 Å². The highest BCUT2D eigenvalue weighted by Gasteiger charge is 2.38. The highest BCUT2D eigenvalue weighted by atomic mass is 32.2. The van der Waals surface area contributed by atoms with Crippen molar-refractivity contribution in [3.05, 3.63) is 71.3 Å². The van der Waals surface area contributed by atoms with Crippen molar-refractivity contribution in [3.8, 4) is 0 Å². The average Bonchev–Trinajstić information content (AvgIpc) is 2.94. The molecule has 0 spiro atoms.